The summed E-state index contributed by atoms with van der Waals surface area (Å²) < 4.78 is 10.5. The van der Waals surface area contributed by atoms with Crippen LogP contribution >= 0.6 is 0 Å². The van der Waals surface area contributed by atoms with Gasteiger partial charge < -0.3 is 14.4 Å². The van der Waals surface area contributed by atoms with Gasteiger partial charge in [0.1, 0.15) is 5.75 Å². The van der Waals surface area contributed by atoms with E-state index in [1.807, 2.05) is 31.2 Å². The quantitative estimate of drug-likeness (QED) is 0.561. The Kier molecular flexibility index (Phi) is 6.39. The second-order valence-corrected chi connectivity index (χ2v) is 5.79. The molecule has 0 bridgehead atoms. The number of esters is 1. The molecule has 1 heterocycles. The van der Waals surface area contributed by atoms with Crippen molar-refractivity contribution < 1.29 is 19.1 Å². The Morgan fingerprint density at radius 3 is 2.60 bits per heavy atom. The van der Waals surface area contributed by atoms with Gasteiger partial charge in [-0.2, -0.15) is 0 Å². The summed E-state index contributed by atoms with van der Waals surface area (Å²) in [5.74, 6) is 0.0156. The molecule has 0 saturated heterocycles. The summed E-state index contributed by atoms with van der Waals surface area (Å²) in [5, 5.41) is 0. The van der Waals surface area contributed by atoms with Crippen LogP contribution in [0.1, 0.15) is 39.2 Å². The van der Waals surface area contributed by atoms with Crippen LogP contribution in [0.25, 0.3) is 6.08 Å². The van der Waals surface area contributed by atoms with Gasteiger partial charge in [0.15, 0.2) is 0 Å². The molecule has 0 atom stereocenters. The summed E-state index contributed by atoms with van der Waals surface area (Å²) >= 11 is 0. The summed E-state index contributed by atoms with van der Waals surface area (Å²) in [6.45, 7) is 6.87. The van der Waals surface area contributed by atoms with E-state index in [9.17, 15) is 9.59 Å². The van der Waals surface area contributed by atoms with Crippen molar-refractivity contribution in [1.82, 2.24) is 4.90 Å². The van der Waals surface area contributed by atoms with Crippen molar-refractivity contribution in [2.24, 2.45) is 0 Å². The summed E-state index contributed by atoms with van der Waals surface area (Å²) in [6, 6.07) is 7.46. The number of methoxy groups -OCH3 is 1. The molecular weight excluding hydrogens is 318 g/mol. The van der Waals surface area contributed by atoms with E-state index in [0.717, 1.165) is 18.4 Å². The number of unbranched alkanes of at least 4 members (excludes halogenated alkanes) is 1. The number of benzene rings is 1. The van der Waals surface area contributed by atoms with Gasteiger partial charge in [0, 0.05) is 17.8 Å². The van der Waals surface area contributed by atoms with E-state index in [4.69, 9.17) is 9.47 Å². The van der Waals surface area contributed by atoms with E-state index in [2.05, 4.69) is 6.92 Å². The number of ether oxygens (including phenoxy) is 2. The van der Waals surface area contributed by atoms with Gasteiger partial charge >= 0.3 is 5.97 Å². The predicted octanol–water partition coefficient (Wildman–Crippen LogP) is 3.56. The Labute approximate surface area is 148 Å². The molecule has 25 heavy (non-hydrogen) atoms. The predicted molar refractivity (Wildman–Crippen MR) is 96.9 cm³/mol. The summed E-state index contributed by atoms with van der Waals surface area (Å²) in [6.07, 6.45) is 3.56. The van der Waals surface area contributed by atoms with Crippen molar-refractivity contribution in [2.45, 2.75) is 33.6 Å². The molecule has 5 heteroatoms. The summed E-state index contributed by atoms with van der Waals surface area (Å²) in [7, 11) is 1.33. The van der Waals surface area contributed by atoms with Crippen molar-refractivity contribution in [3.8, 4) is 5.75 Å². The zero-order chi connectivity index (χ0) is 18.4. The second-order valence-electron chi connectivity index (χ2n) is 5.79. The molecule has 0 aliphatic carbocycles. The average molecular weight is 343 g/mol. The zero-order valence-corrected chi connectivity index (χ0v) is 15.3. The van der Waals surface area contributed by atoms with E-state index >= 15 is 0 Å². The smallest absolute Gasteiger partial charge is 0.340 e. The Hall–Kier alpha value is -2.56. The molecule has 0 fully saturated rings. The number of amides is 1. The number of carbonyl (C=O) groups excluding carboxylic acids is 2. The molecule has 1 aliphatic heterocycles. The first-order chi connectivity index (χ1) is 12.0. The number of hydrogen-bond acceptors (Lipinski definition) is 4. The standard InChI is InChI=1S/C20H25NO4/c1-5-7-12-21-14(3)18(20(23)24-4)16(19(21)22)13-15-10-8-9-11-17(15)25-6-2/h8-11,13H,5-7,12H2,1-4H3/b16-13-. The molecule has 134 valence electrons. The highest BCUT2D eigenvalue weighted by atomic mass is 16.5. The lowest BCUT2D eigenvalue weighted by Crippen LogP contribution is -2.26. The summed E-state index contributed by atoms with van der Waals surface area (Å²) in [4.78, 5) is 26.8. The molecule has 0 spiro atoms. The third-order valence-electron chi connectivity index (χ3n) is 4.16. The average Bonchev–Trinajstić information content (AvgIpc) is 2.84. The Bertz CT molecular complexity index is 718. The van der Waals surface area contributed by atoms with Gasteiger partial charge in [-0.05, 0) is 32.4 Å². The van der Waals surface area contributed by atoms with Crippen molar-refractivity contribution >= 4 is 18.0 Å². The number of para-hydroxylation sites is 1. The largest absolute Gasteiger partial charge is 0.493 e. The van der Waals surface area contributed by atoms with Crippen molar-refractivity contribution in [3.63, 3.8) is 0 Å². The topological polar surface area (TPSA) is 55.8 Å². The van der Waals surface area contributed by atoms with Gasteiger partial charge in [-0.1, -0.05) is 31.5 Å². The minimum absolute atomic E-state index is 0.169. The van der Waals surface area contributed by atoms with Crippen LogP contribution in [0.4, 0.5) is 0 Å². The van der Waals surface area contributed by atoms with Crippen molar-refractivity contribution in [3.05, 3.63) is 46.7 Å². The van der Waals surface area contributed by atoms with Crippen LogP contribution in [-0.2, 0) is 14.3 Å². The monoisotopic (exact) mass is 343 g/mol. The Morgan fingerprint density at radius 1 is 1.24 bits per heavy atom. The van der Waals surface area contributed by atoms with Crippen LogP contribution in [0.2, 0.25) is 0 Å². The molecule has 0 saturated carbocycles. The Morgan fingerprint density at radius 2 is 1.96 bits per heavy atom. The molecule has 5 nitrogen and oxygen atoms in total. The number of hydrogen-bond donors (Lipinski definition) is 0. The van der Waals surface area contributed by atoms with Gasteiger partial charge in [-0.3, -0.25) is 4.79 Å². The van der Waals surface area contributed by atoms with Crippen LogP contribution in [0, 0.1) is 0 Å². The molecule has 1 aromatic rings. The lowest BCUT2D eigenvalue weighted by molar-refractivity contribution is -0.136. The fraction of sp³-hybridized carbons (Fsp3) is 0.400. The first kappa shape index (κ1) is 18.8. The third kappa shape index (κ3) is 3.92. The maximum absolute atomic E-state index is 12.9. The third-order valence-corrected chi connectivity index (χ3v) is 4.16. The lowest BCUT2D eigenvalue weighted by Gasteiger charge is -2.17. The number of allylic oxidation sites excluding steroid dienone is 1. The van der Waals surface area contributed by atoms with Gasteiger partial charge in [0.05, 0.1) is 24.9 Å². The van der Waals surface area contributed by atoms with Gasteiger partial charge in [-0.15, -0.1) is 0 Å². The lowest BCUT2D eigenvalue weighted by atomic mass is 10.0. The highest BCUT2D eigenvalue weighted by molar-refractivity contribution is 6.16. The molecule has 0 aromatic heterocycles. The molecule has 1 amide bonds. The summed E-state index contributed by atoms with van der Waals surface area (Å²) in [5.41, 5.74) is 2.09. The fourth-order valence-corrected chi connectivity index (χ4v) is 2.86. The van der Waals surface area contributed by atoms with E-state index in [-0.39, 0.29) is 5.91 Å². The number of carbonyl (C=O) groups is 2. The highest BCUT2D eigenvalue weighted by Gasteiger charge is 2.36. The Balaban J connectivity index is 2.51. The fourth-order valence-electron chi connectivity index (χ4n) is 2.86. The highest BCUT2D eigenvalue weighted by Crippen LogP contribution is 2.33. The van der Waals surface area contributed by atoms with Crippen LogP contribution in [0.3, 0.4) is 0 Å². The van der Waals surface area contributed by atoms with E-state index < -0.39 is 5.97 Å². The maximum Gasteiger partial charge on any atom is 0.340 e. The zero-order valence-electron chi connectivity index (χ0n) is 15.3. The molecular formula is C20H25NO4. The molecule has 1 aliphatic rings. The molecule has 0 unspecified atom stereocenters. The number of rotatable bonds is 7. The van der Waals surface area contributed by atoms with Crippen molar-refractivity contribution in [1.29, 1.82) is 0 Å². The first-order valence-electron chi connectivity index (χ1n) is 8.60. The van der Waals surface area contributed by atoms with E-state index in [1.54, 1.807) is 17.9 Å². The minimum atomic E-state index is -0.495. The maximum atomic E-state index is 12.9. The van der Waals surface area contributed by atoms with Gasteiger partial charge in [0.25, 0.3) is 5.91 Å². The molecule has 2 rings (SSSR count). The molecule has 0 N–H and O–H groups in total. The number of nitrogens with zero attached hydrogens (tertiary/aromatic N) is 1. The van der Waals surface area contributed by atoms with Gasteiger partial charge in [-0.25, -0.2) is 4.79 Å². The molecule has 1 aromatic carbocycles. The SMILES string of the molecule is CCCCN1C(=O)/C(=C\c2ccccc2OCC)C(C(=O)OC)=C1C. The van der Waals surface area contributed by atoms with Crippen LogP contribution in [0.5, 0.6) is 5.75 Å². The first-order valence-corrected chi connectivity index (χ1v) is 8.60. The van der Waals surface area contributed by atoms with Crippen LogP contribution in [0.15, 0.2) is 41.1 Å². The van der Waals surface area contributed by atoms with E-state index in [1.165, 1.54) is 7.11 Å². The van der Waals surface area contributed by atoms with Crippen molar-refractivity contribution in [2.75, 3.05) is 20.3 Å². The van der Waals surface area contributed by atoms with E-state index in [0.29, 0.717) is 35.7 Å². The van der Waals surface area contributed by atoms with Crippen LogP contribution in [-0.4, -0.2) is 37.0 Å². The van der Waals surface area contributed by atoms with Crippen LogP contribution < -0.4 is 4.74 Å². The second kappa shape index (κ2) is 8.51. The minimum Gasteiger partial charge on any atom is -0.493 e. The normalized spacial score (nSPS) is 15.9. The van der Waals surface area contributed by atoms with Gasteiger partial charge in [0.2, 0.25) is 0 Å². The molecule has 0 radical (unpaired) electrons.